The number of nitrogens with one attached hydrogen (secondary N) is 2. The van der Waals surface area contributed by atoms with Crippen molar-refractivity contribution in [1.29, 1.82) is 5.26 Å². The van der Waals surface area contributed by atoms with E-state index in [0.717, 1.165) is 6.26 Å². The number of anilines is 2. The number of nitriles is 1. The van der Waals surface area contributed by atoms with Crippen LogP contribution >= 0.6 is 0 Å². The Morgan fingerprint density at radius 2 is 2.17 bits per heavy atom. The zero-order valence-corrected chi connectivity index (χ0v) is 16.5. The highest BCUT2D eigenvalue weighted by Crippen LogP contribution is 2.31. The van der Waals surface area contributed by atoms with Gasteiger partial charge >= 0.3 is 0 Å². The molecule has 0 radical (unpaired) electrons. The number of H-pyrrole nitrogens is 1. The average Bonchev–Trinajstić information content (AvgIpc) is 3.32. The number of ether oxygens (including phenoxy) is 1. The maximum atomic E-state index is 11.9. The van der Waals surface area contributed by atoms with E-state index in [1.54, 1.807) is 36.3 Å². The van der Waals surface area contributed by atoms with E-state index in [1.807, 2.05) is 0 Å². The second-order valence-electron chi connectivity index (χ2n) is 6.45. The van der Waals surface area contributed by atoms with E-state index >= 15 is 0 Å². The maximum absolute atomic E-state index is 11.9. The molecule has 3 heterocycles. The highest BCUT2D eigenvalue weighted by molar-refractivity contribution is 7.90. The summed E-state index contributed by atoms with van der Waals surface area (Å²) in [6.45, 7) is 0.972. The van der Waals surface area contributed by atoms with Crippen LogP contribution in [0.4, 0.5) is 11.5 Å². The van der Waals surface area contributed by atoms with E-state index in [4.69, 9.17) is 4.74 Å². The summed E-state index contributed by atoms with van der Waals surface area (Å²) in [5.41, 5.74) is 1.91. The van der Waals surface area contributed by atoms with E-state index in [9.17, 15) is 13.7 Å². The Hall–Kier alpha value is -3.49. The second-order valence-corrected chi connectivity index (χ2v) is 8.47. The van der Waals surface area contributed by atoms with Crippen molar-refractivity contribution < 1.29 is 13.2 Å². The van der Waals surface area contributed by atoms with Crippen LogP contribution in [0, 0.1) is 11.3 Å². The number of hydrogen-bond donors (Lipinski definition) is 2. The number of nitrogens with zero attached hydrogens (tertiary/aromatic N) is 5. The third-order valence-corrected chi connectivity index (χ3v) is 5.55. The van der Waals surface area contributed by atoms with Crippen molar-refractivity contribution in [3.63, 3.8) is 0 Å². The molecule has 0 fully saturated rings. The molecule has 0 aliphatic rings. The van der Waals surface area contributed by atoms with Crippen LogP contribution < -0.4 is 5.32 Å². The normalized spacial score (nSPS) is 11.8. The number of hydrogen-bond acceptors (Lipinski definition) is 8. The molecule has 0 bridgehead atoms. The Bertz CT molecular complexity index is 1370. The van der Waals surface area contributed by atoms with Gasteiger partial charge in [0.2, 0.25) is 0 Å². The van der Waals surface area contributed by atoms with E-state index in [2.05, 4.69) is 31.7 Å². The summed E-state index contributed by atoms with van der Waals surface area (Å²) in [7, 11) is -1.76. The number of methoxy groups -OCH3 is 1. The van der Waals surface area contributed by atoms with Crippen molar-refractivity contribution in [2.75, 3.05) is 25.3 Å². The summed E-state index contributed by atoms with van der Waals surface area (Å²) < 4.78 is 30.5. The molecule has 0 saturated heterocycles. The first-order chi connectivity index (χ1) is 13.9. The summed E-state index contributed by atoms with van der Waals surface area (Å²) in [4.78, 5) is 4.80. The molecule has 148 valence electrons. The van der Waals surface area contributed by atoms with Crippen molar-refractivity contribution in [3.8, 4) is 6.07 Å². The van der Waals surface area contributed by atoms with Crippen LogP contribution in [0.25, 0.3) is 21.8 Å². The van der Waals surface area contributed by atoms with E-state index < -0.39 is 9.84 Å². The van der Waals surface area contributed by atoms with E-state index in [-0.39, 0.29) is 10.6 Å². The number of aromatic nitrogens is 5. The lowest BCUT2D eigenvalue weighted by molar-refractivity contribution is 0.183. The minimum atomic E-state index is -3.35. The van der Waals surface area contributed by atoms with Gasteiger partial charge in [-0.05, 0) is 18.2 Å². The zero-order chi connectivity index (χ0) is 20.6. The van der Waals surface area contributed by atoms with Crippen LogP contribution in [0.3, 0.4) is 0 Å². The van der Waals surface area contributed by atoms with Gasteiger partial charge in [-0.2, -0.15) is 15.5 Å². The molecular formula is C18H17N7O3S. The van der Waals surface area contributed by atoms with Gasteiger partial charge in [-0.3, -0.25) is 9.78 Å². The fourth-order valence-corrected chi connectivity index (χ4v) is 3.67. The predicted octanol–water partition coefficient (Wildman–Crippen LogP) is 1.97. The van der Waals surface area contributed by atoms with Crippen molar-refractivity contribution in [2.45, 2.75) is 11.4 Å². The van der Waals surface area contributed by atoms with E-state index in [0.29, 0.717) is 46.5 Å². The van der Waals surface area contributed by atoms with Crippen LogP contribution in [0.5, 0.6) is 0 Å². The summed E-state index contributed by atoms with van der Waals surface area (Å²) in [6.07, 6.45) is 4.48. The van der Waals surface area contributed by atoms with Gasteiger partial charge in [-0.25, -0.2) is 13.4 Å². The predicted molar refractivity (Wildman–Crippen MR) is 107 cm³/mol. The van der Waals surface area contributed by atoms with Crippen molar-refractivity contribution in [1.82, 2.24) is 25.0 Å². The molecule has 29 heavy (non-hydrogen) atoms. The summed E-state index contributed by atoms with van der Waals surface area (Å²) in [5, 5.41) is 25.1. The van der Waals surface area contributed by atoms with Crippen LogP contribution in [0.2, 0.25) is 0 Å². The topological polar surface area (TPSA) is 139 Å². The zero-order valence-electron chi connectivity index (χ0n) is 15.7. The third-order valence-electron chi connectivity index (χ3n) is 4.44. The number of sulfone groups is 1. The molecule has 4 aromatic rings. The molecule has 0 aliphatic heterocycles. The number of rotatable bonds is 6. The Morgan fingerprint density at radius 1 is 1.34 bits per heavy atom. The summed E-state index contributed by atoms with van der Waals surface area (Å²) in [6, 6.07) is 6.81. The molecule has 0 aliphatic carbocycles. The molecule has 0 spiro atoms. The van der Waals surface area contributed by atoms with E-state index in [1.165, 1.54) is 6.07 Å². The second kappa shape index (κ2) is 7.16. The molecule has 0 saturated carbocycles. The number of benzene rings is 1. The first-order valence-corrected chi connectivity index (χ1v) is 10.5. The Morgan fingerprint density at radius 3 is 2.90 bits per heavy atom. The van der Waals surface area contributed by atoms with Gasteiger partial charge in [-0.1, -0.05) is 0 Å². The Balaban J connectivity index is 1.82. The Kier molecular flexibility index (Phi) is 4.65. The van der Waals surface area contributed by atoms with Crippen LogP contribution in [-0.4, -0.2) is 53.4 Å². The molecule has 0 unspecified atom stereocenters. The fraction of sp³-hybridized carbons (Fsp3) is 0.222. The van der Waals surface area contributed by atoms with Gasteiger partial charge in [0.1, 0.15) is 11.6 Å². The van der Waals surface area contributed by atoms with Gasteiger partial charge < -0.3 is 10.1 Å². The lowest BCUT2D eigenvalue weighted by atomic mass is 10.1. The van der Waals surface area contributed by atoms with Gasteiger partial charge in [0.15, 0.2) is 21.3 Å². The minimum Gasteiger partial charge on any atom is -0.383 e. The fourth-order valence-electron chi connectivity index (χ4n) is 3.02. The lowest BCUT2D eigenvalue weighted by Crippen LogP contribution is -2.04. The minimum absolute atomic E-state index is 0.209. The van der Waals surface area contributed by atoms with Crippen molar-refractivity contribution >= 4 is 43.1 Å². The molecule has 4 rings (SSSR count). The Labute approximate surface area is 166 Å². The van der Waals surface area contributed by atoms with Crippen LogP contribution in [0.15, 0.2) is 35.5 Å². The number of pyridine rings is 1. The highest BCUT2D eigenvalue weighted by Gasteiger charge is 2.16. The lowest BCUT2D eigenvalue weighted by Gasteiger charge is -2.08. The molecule has 0 amide bonds. The van der Waals surface area contributed by atoms with Gasteiger partial charge in [0.05, 0.1) is 35.4 Å². The summed E-state index contributed by atoms with van der Waals surface area (Å²) >= 11 is 0. The molecular weight excluding hydrogens is 394 g/mol. The smallest absolute Gasteiger partial charge is 0.185 e. The first-order valence-electron chi connectivity index (χ1n) is 8.61. The number of aromatic amines is 1. The molecule has 10 nitrogen and oxygen atoms in total. The molecule has 2 N–H and O–H groups in total. The van der Waals surface area contributed by atoms with Gasteiger partial charge in [0, 0.05) is 30.3 Å². The standard InChI is InChI=1S/C18H17N7O3S/c1-28-6-5-25-10-16(15(8-19)24-25)22-18-17-13(9-20-23-17)12-7-11(29(2,26)27)3-4-14(12)21-18/h3-4,7,9-10H,5-6H2,1-2H3,(H,20,23)(H,21,22). The largest absolute Gasteiger partial charge is 0.383 e. The monoisotopic (exact) mass is 411 g/mol. The molecule has 0 atom stereocenters. The summed E-state index contributed by atoms with van der Waals surface area (Å²) in [5.74, 6) is 0.458. The van der Waals surface area contributed by atoms with Crippen molar-refractivity contribution in [3.05, 3.63) is 36.3 Å². The quantitative estimate of drug-likeness (QED) is 0.491. The average molecular weight is 411 g/mol. The first kappa shape index (κ1) is 18.9. The van der Waals surface area contributed by atoms with Gasteiger partial charge in [0.25, 0.3) is 0 Å². The maximum Gasteiger partial charge on any atom is 0.185 e. The SMILES string of the molecule is COCCn1cc(Nc2nc3ccc(S(C)(=O)=O)cc3c3cn[nH]c23)c(C#N)n1. The van der Waals surface area contributed by atoms with Gasteiger partial charge in [-0.15, -0.1) is 0 Å². The third kappa shape index (κ3) is 3.51. The van der Waals surface area contributed by atoms with Crippen molar-refractivity contribution in [2.24, 2.45) is 0 Å². The van der Waals surface area contributed by atoms with Crippen LogP contribution in [0.1, 0.15) is 5.69 Å². The number of fused-ring (bicyclic) bond motifs is 3. The molecule has 3 aromatic heterocycles. The molecule has 1 aromatic carbocycles. The van der Waals surface area contributed by atoms with Crippen LogP contribution in [-0.2, 0) is 21.1 Å². The highest BCUT2D eigenvalue weighted by atomic mass is 32.2. The molecule has 11 heteroatoms.